The molecule has 0 rings (SSSR count). The smallest absolute Gasteiger partial charge is 0.0107 e. The van der Waals surface area contributed by atoms with E-state index in [0.29, 0.717) is 0 Å². The Hall–Kier alpha value is -0.120. The van der Waals surface area contributed by atoms with Gasteiger partial charge >= 0.3 is 0 Å². The molecule has 0 saturated heterocycles. The van der Waals surface area contributed by atoms with Gasteiger partial charge in [0, 0.05) is 26.2 Å². The van der Waals surface area contributed by atoms with Crippen molar-refractivity contribution in [3.05, 3.63) is 0 Å². The van der Waals surface area contributed by atoms with Crippen molar-refractivity contribution in [2.75, 3.05) is 47.3 Å². The van der Waals surface area contributed by atoms with E-state index in [-0.39, 0.29) is 0 Å². The minimum absolute atomic E-state index is 0.754. The molecule has 0 aliphatic heterocycles. The standard InChI is InChI=1S/C7H19N3.C2H6/c1-9(2)6-7-10(3)5-4-8;1-2/h4-8H2,1-3H3;1-2H3. The van der Waals surface area contributed by atoms with Gasteiger partial charge in [-0.25, -0.2) is 0 Å². The maximum atomic E-state index is 5.38. The maximum Gasteiger partial charge on any atom is 0.0107 e. The molecule has 0 radical (unpaired) electrons. The van der Waals surface area contributed by atoms with Crippen LogP contribution in [0.3, 0.4) is 0 Å². The molecule has 0 aromatic rings. The zero-order valence-electron chi connectivity index (χ0n) is 9.30. The first-order valence-electron chi connectivity index (χ1n) is 4.70. The summed E-state index contributed by atoms with van der Waals surface area (Å²) >= 11 is 0. The first-order valence-corrected chi connectivity index (χ1v) is 4.70. The molecule has 0 bridgehead atoms. The number of likely N-dealkylation sites (N-methyl/N-ethyl adjacent to an activating group) is 2. The second-order valence-electron chi connectivity index (χ2n) is 2.90. The average molecular weight is 175 g/mol. The first-order chi connectivity index (χ1) is 5.66. The highest BCUT2D eigenvalue weighted by Crippen LogP contribution is 1.81. The third-order valence-electron chi connectivity index (χ3n) is 1.44. The molecule has 0 aliphatic carbocycles. The largest absolute Gasteiger partial charge is 0.329 e. The molecular formula is C9H25N3. The zero-order chi connectivity index (χ0) is 9.98. The van der Waals surface area contributed by atoms with Crippen LogP contribution in [0.5, 0.6) is 0 Å². The fourth-order valence-electron chi connectivity index (χ4n) is 0.703. The van der Waals surface area contributed by atoms with E-state index in [2.05, 4.69) is 30.9 Å². The van der Waals surface area contributed by atoms with Crippen LogP contribution in [0, 0.1) is 0 Å². The van der Waals surface area contributed by atoms with Crippen LogP contribution in [0.1, 0.15) is 13.8 Å². The summed E-state index contributed by atoms with van der Waals surface area (Å²) in [4.78, 5) is 4.41. The Morgan fingerprint density at radius 2 is 1.42 bits per heavy atom. The summed E-state index contributed by atoms with van der Waals surface area (Å²) < 4.78 is 0. The second-order valence-corrected chi connectivity index (χ2v) is 2.90. The molecule has 0 unspecified atom stereocenters. The van der Waals surface area contributed by atoms with Gasteiger partial charge in [-0.15, -0.1) is 0 Å². The number of hydrogen-bond acceptors (Lipinski definition) is 3. The molecule has 0 aromatic heterocycles. The van der Waals surface area contributed by atoms with Gasteiger partial charge in [-0.2, -0.15) is 0 Å². The van der Waals surface area contributed by atoms with Crippen LogP contribution in [-0.2, 0) is 0 Å². The van der Waals surface area contributed by atoms with E-state index in [9.17, 15) is 0 Å². The number of hydrogen-bond donors (Lipinski definition) is 1. The van der Waals surface area contributed by atoms with Crippen molar-refractivity contribution >= 4 is 0 Å². The molecular weight excluding hydrogens is 150 g/mol. The van der Waals surface area contributed by atoms with Crippen molar-refractivity contribution in [1.82, 2.24) is 9.80 Å². The van der Waals surface area contributed by atoms with Gasteiger partial charge in [0.2, 0.25) is 0 Å². The summed E-state index contributed by atoms with van der Waals surface area (Å²) in [6.45, 7) is 7.96. The van der Waals surface area contributed by atoms with E-state index >= 15 is 0 Å². The van der Waals surface area contributed by atoms with E-state index < -0.39 is 0 Å². The number of nitrogens with zero attached hydrogens (tertiary/aromatic N) is 2. The van der Waals surface area contributed by atoms with Gasteiger partial charge in [0.05, 0.1) is 0 Å². The molecule has 3 heteroatoms. The third-order valence-corrected chi connectivity index (χ3v) is 1.44. The maximum absolute atomic E-state index is 5.38. The van der Waals surface area contributed by atoms with Crippen LogP contribution < -0.4 is 5.73 Å². The van der Waals surface area contributed by atoms with Crippen molar-refractivity contribution in [2.24, 2.45) is 5.73 Å². The number of rotatable bonds is 5. The Bertz CT molecular complexity index is 74.2. The zero-order valence-corrected chi connectivity index (χ0v) is 9.30. The summed E-state index contributed by atoms with van der Waals surface area (Å²) in [7, 11) is 6.25. The predicted molar refractivity (Wildman–Crippen MR) is 56.5 cm³/mol. The molecule has 0 saturated carbocycles. The lowest BCUT2D eigenvalue weighted by molar-refractivity contribution is 0.287. The molecule has 0 aliphatic rings. The van der Waals surface area contributed by atoms with Crippen molar-refractivity contribution < 1.29 is 0 Å². The minimum Gasteiger partial charge on any atom is -0.329 e. The van der Waals surface area contributed by atoms with Crippen molar-refractivity contribution in [2.45, 2.75) is 13.8 Å². The van der Waals surface area contributed by atoms with E-state index in [1.54, 1.807) is 0 Å². The van der Waals surface area contributed by atoms with Crippen molar-refractivity contribution in [3.8, 4) is 0 Å². The Labute approximate surface area is 77.5 Å². The summed E-state index contributed by atoms with van der Waals surface area (Å²) in [5, 5.41) is 0. The topological polar surface area (TPSA) is 32.5 Å². The Kier molecular flexibility index (Phi) is 13.1. The quantitative estimate of drug-likeness (QED) is 0.659. The van der Waals surface area contributed by atoms with Gasteiger partial charge in [0.1, 0.15) is 0 Å². The van der Waals surface area contributed by atoms with E-state index in [1.807, 2.05) is 13.8 Å². The van der Waals surface area contributed by atoms with Crippen LogP contribution in [0.4, 0.5) is 0 Å². The van der Waals surface area contributed by atoms with Gasteiger partial charge in [-0.1, -0.05) is 13.8 Å². The van der Waals surface area contributed by atoms with Gasteiger partial charge in [0.15, 0.2) is 0 Å². The lowest BCUT2D eigenvalue weighted by atomic mass is 10.5. The van der Waals surface area contributed by atoms with Gasteiger partial charge in [-0.05, 0) is 21.1 Å². The van der Waals surface area contributed by atoms with E-state index in [0.717, 1.165) is 26.2 Å². The van der Waals surface area contributed by atoms with Gasteiger partial charge in [-0.3, -0.25) is 0 Å². The fraction of sp³-hybridized carbons (Fsp3) is 1.00. The van der Waals surface area contributed by atoms with Crippen molar-refractivity contribution in [1.29, 1.82) is 0 Å². The molecule has 2 N–H and O–H groups in total. The lowest BCUT2D eigenvalue weighted by Crippen LogP contribution is -2.32. The molecule has 0 amide bonds. The Morgan fingerprint density at radius 1 is 0.917 bits per heavy atom. The highest BCUT2D eigenvalue weighted by molar-refractivity contribution is 4.53. The van der Waals surface area contributed by atoms with Crippen LogP contribution in [0.2, 0.25) is 0 Å². The monoisotopic (exact) mass is 175 g/mol. The summed E-state index contributed by atoms with van der Waals surface area (Å²) in [6.07, 6.45) is 0. The molecule has 0 fully saturated rings. The molecule has 0 aromatic carbocycles. The minimum atomic E-state index is 0.754. The van der Waals surface area contributed by atoms with Crippen LogP contribution in [0.15, 0.2) is 0 Å². The predicted octanol–water partition coefficient (Wildman–Crippen LogP) is 0.465. The molecule has 76 valence electrons. The van der Waals surface area contributed by atoms with Gasteiger partial charge in [0.25, 0.3) is 0 Å². The van der Waals surface area contributed by atoms with Gasteiger partial charge < -0.3 is 15.5 Å². The van der Waals surface area contributed by atoms with Crippen LogP contribution >= 0.6 is 0 Å². The third kappa shape index (κ3) is 12.5. The first kappa shape index (κ1) is 14.4. The fourth-order valence-corrected chi connectivity index (χ4v) is 0.703. The molecule has 0 spiro atoms. The summed E-state index contributed by atoms with van der Waals surface area (Å²) in [5.74, 6) is 0. The van der Waals surface area contributed by atoms with Crippen LogP contribution in [0.25, 0.3) is 0 Å². The van der Waals surface area contributed by atoms with Crippen LogP contribution in [-0.4, -0.2) is 57.1 Å². The SMILES string of the molecule is CC.CN(C)CCN(C)CCN. The highest BCUT2D eigenvalue weighted by Gasteiger charge is 1.95. The summed E-state index contributed by atoms with van der Waals surface area (Å²) in [6, 6.07) is 0. The molecule has 0 atom stereocenters. The number of nitrogens with two attached hydrogens (primary N) is 1. The Morgan fingerprint density at radius 3 is 1.75 bits per heavy atom. The second kappa shape index (κ2) is 10.9. The van der Waals surface area contributed by atoms with Crippen molar-refractivity contribution in [3.63, 3.8) is 0 Å². The molecule has 0 heterocycles. The van der Waals surface area contributed by atoms with E-state index in [1.165, 1.54) is 0 Å². The summed E-state index contributed by atoms with van der Waals surface area (Å²) in [5.41, 5.74) is 5.38. The van der Waals surface area contributed by atoms with E-state index in [4.69, 9.17) is 5.73 Å². The lowest BCUT2D eigenvalue weighted by Gasteiger charge is -2.17. The molecule has 3 nitrogen and oxygen atoms in total. The average Bonchev–Trinajstić information content (AvgIpc) is 2.05. The Balaban J connectivity index is 0. The normalized spacial score (nSPS) is 10.0. The highest BCUT2D eigenvalue weighted by atomic mass is 15.1. The molecule has 12 heavy (non-hydrogen) atoms.